The molecule has 0 fully saturated rings. The number of ether oxygens (including phenoxy) is 2. The van der Waals surface area contributed by atoms with Gasteiger partial charge >= 0.3 is 0 Å². The Balaban J connectivity index is 1.52. The van der Waals surface area contributed by atoms with Crippen LogP contribution in [0.2, 0.25) is 5.02 Å². The van der Waals surface area contributed by atoms with Crippen molar-refractivity contribution < 1.29 is 14.3 Å². The number of hydrogen-bond acceptors (Lipinski definition) is 4. The summed E-state index contributed by atoms with van der Waals surface area (Å²) in [5.74, 6) is 1.27. The zero-order valence-electron chi connectivity index (χ0n) is 15.5. The van der Waals surface area contributed by atoms with E-state index in [1.807, 2.05) is 24.3 Å². The minimum absolute atomic E-state index is 0.0912. The molecule has 0 aliphatic heterocycles. The van der Waals surface area contributed by atoms with Gasteiger partial charge in [0.2, 0.25) is 0 Å². The molecule has 1 amide bonds. The fourth-order valence-corrected chi connectivity index (χ4v) is 2.65. The van der Waals surface area contributed by atoms with Crippen molar-refractivity contribution in [1.82, 2.24) is 9.88 Å². The van der Waals surface area contributed by atoms with E-state index in [1.54, 1.807) is 60.7 Å². The third-order valence-corrected chi connectivity index (χ3v) is 4.32. The van der Waals surface area contributed by atoms with E-state index in [4.69, 9.17) is 21.1 Å². The summed E-state index contributed by atoms with van der Waals surface area (Å²) in [6.45, 7) is 1.25. The maximum absolute atomic E-state index is 12.6. The van der Waals surface area contributed by atoms with E-state index < -0.39 is 0 Å². The summed E-state index contributed by atoms with van der Waals surface area (Å²) in [6.07, 6.45) is 3.47. The first kappa shape index (κ1) is 19.7. The highest BCUT2D eigenvalue weighted by atomic mass is 35.5. The summed E-state index contributed by atoms with van der Waals surface area (Å²) in [6, 6.07) is 18.1. The van der Waals surface area contributed by atoms with Gasteiger partial charge in [-0.3, -0.25) is 9.78 Å². The van der Waals surface area contributed by atoms with Crippen LogP contribution in [0.25, 0.3) is 0 Å². The second-order valence-electron chi connectivity index (χ2n) is 6.21. The smallest absolute Gasteiger partial charge is 0.253 e. The number of nitrogens with zero attached hydrogens (tertiary/aromatic N) is 2. The van der Waals surface area contributed by atoms with Gasteiger partial charge < -0.3 is 14.4 Å². The molecule has 3 rings (SSSR count). The van der Waals surface area contributed by atoms with Crippen molar-refractivity contribution in [2.75, 3.05) is 20.2 Å². The van der Waals surface area contributed by atoms with E-state index in [1.165, 1.54) is 0 Å². The lowest BCUT2D eigenvalue weighted by Crippen LogP contribution is -2.30. The molecule has 2 aromatic carbocycles. The van der Waals surface area contributed by atoms with E-state index in [2.05, 4.69) is 4.98 Å². The average Bonchev–Trinajstić information content (AvgIpc) is 2.74. The van der Waals surface area contributed by atoms with Crippen molar-refractivity contribution in [2.24, 2.45) is 0 Å². The van der Waals surface area contributed by atoms with Crippen LogP contribution >= 0.6 is 11.6 Å². The number of hydrogen-bond donors (Lipinski definition) is 0. The van der Waals surface area contributed by atoms with Crippen LogP contribution in [0.15, 0.2) is 73.1 Å². The molecule has 1 heterocycles. The molecular weight excluding hydrogens is 376 g/mol. The standard InChI is InChI=1S/C22H21ClN2O3/c1-25(12-13-27-20-9-7-19(23)8-10-20)22(26)18-5-2-6-21(14-18)28-16-17-4-3-11-24-15-17/h2-11,14-15H,12-13,16H2,1H3. The van der Waals surface area contributed by atoms with Crippen LogP contribution in [-0.4, -0.2) is 36.0 Å². The lowest BCUT2D eigenvalue weighted by Gasteiger charge is -2.18. The summed E-state index contributed by atoms with van der Waals surface area (Å²) < 4.78 is 11.4. The van der Waals surface area contributed by atoms with Gasteiger partial charge in [-0.2, -0.15) is 0 Å². The molecule has 0 aliphatic rings. The monoisotopic (exact) mass is 396 g/mol. The number of pyridine rings is 1. The van der Waals surface area contributed by atoms with Crippen molar-refractivity contribution in [3.63, 3.8) is 0 Å². The van der Waals surface area contributed by atoms with Crippen LogP contribution in [0.4, 0.5) is 0 Å². The van der Waals surface area contributed by atoms with Gasteiger partial charge in [0.05, 0.1) is 6.54 Å². The molecule has 0 unspecified atom stereocenters. The fraction of sp³-hybridized carbons (Fsp3) is 0.182. The van der Waals surface area contributed by atoms with Crippen molar-refractivity contribution in [3.8, 4) is 11.5 Å². The minimum Gasteiger partial charge on any atom is -0.492 e. The highest BCUT2D eigenvalue weighted by molar-refractivity contribution is 6.30. The number of aromatic nitrogens is 1. The van der Waals surface area contributed by atoms with Gasteiger partial charge in [-0.05, 0) is 48.5 Å². The molecule has 0 bridgehead atoms. The van der Waals surface area contributed by atoms with Crippen molar-refractivity contribution >= 4 is 17.5 Å². The molecule has 0 N–H and O–H groups in total. The van der Waals surface area contributed by atoms with E-state index in [9.17, 15) is 4.79 Å². The summed E-state index contributed by atoms with van der Waals surface area (Å²) in [5, 5.41) is 0.658. The Morgan fingerprint density at radius 1 is 1.04 bits per heavy atom. The average molecular weight is 397 g/mol. The number of rotatable bonds is 8. The third-order valence-electron chi connectivity index (χ3n) is 4.07. The van der Waals surface area contributed by atoms with E-state index >= 15 is 0 Å². The zero-order valence-corrected chi connectivity index (χ0v) is 16.3. The number of amides is 1. The van der Waals surface area contributed by atoms with Gasteiger partial charge in [0.1, 0.15) is 24.7 Å². The quantitative estimate of drug-likeness (QED) is 0.564. The fourth-order valence-electron chi connectivity index (χ4n) is 2.52. The lowest BCUT2D eigenvalue weighted by molar-refractivity contribution is 0.0773. The van der Waals surface area contributed by atoms with Crippen molar-refractivity contribution in [2.45, 2.75) is 6.61 Å². The Labute approximate surface area is 169 Å². The Bertz CT molecular complexity index is 901. The Morgan fingerprint density at radius 3 is 2.61 bits per heavy atom. The number of benzene rings is 2. The number of carbonyl (C=O) groups excluding carboxylic acids is 1. The van der Waals surface area contributed by atoms with E-state index in [0.29, 0.717) is 36.1 Å². The first-order chi connectivity index (χ1) is 13.6. The molecule has 0 radical (unpaired) electrons. The van der Waals surface area contributed by atoms with Gasteiger partial charge in [0, 0.05) is 35.6 Å². The topological polar surface area (TPSA) is 51.7 Å². The molecule has 0 aliphatic carbocycles. The van der Waals surface area contributed by atoms with Crippen LogP contribution in [0, 0.1) is 0 Å². The van der Waals surface area contributed by atoms with Gasteiger partial charge in [0.15, 0.2) is 0 Å². The molecule has 144 valence electrons. The SMILES string of the molecule is CN(CCOc1ccc(Cl)cc1)C(=O)c1cccc(OCc2cccnc2)c1. The van der Waals surface area contributed by atoms with Gasteiger partial charge in [-0.15, -0.1) is 0 Å². The molecule has 0 atom stereocenters. The summed E-state index contributed by atoms with van der Waals surface area (Å²) in [4.78, 5) is 18.3. The molecule has 0 saturated heterocycles. The largest absolute Gasteiger partial charge is 0.492 e. The molecule has 3 aromatic rings. The van der Waals surface area contributed by atoms with Gasteiger partial charge in [-0.1, -0.05) is 23.7 Å². The summed E-state index contributed by atoms with van der Waals surface area (Å²) in [5.41, 5.74) is 1.54. The predicted molar refractivity (Wildman–Crippen MR) is 109 cm³/mol. The zero-order chi connectivity index (χ0) is 19.8. The third kappa shape index (κ3) is 5.72. The molecular formula is C22H21ClN2O3. The highest BCUT2D eigenvalue weighted by Gasteiger charge is 2.12. The second-order valence-corrected chi connectivity index (χ2v) is 6.64. The summed E-state index contributed by atoms with van der Waals surface area (Å²) in [7, 11) is 1.75. The van der Waals surface area contributed by atoms with Crippen LogP contribution < -0.4 is 9.47 Å². The molecule has 5 nitrogen and oxygen atoms in total. The van der Waals surface area contributed by atoms with Crippen LogP contribution in [0.1, 0.15) is 15.9 Å². The van der Waals surface area contributed by atoms with E-state index in [-0.39, 0.29) is 5.91 Å². The minimum atomic E-state index is -0.0912. The number of halogens is 1. The molecule has 0 saturated carbocycles. The first-order valence-corrected chi connectivity index (χ1v) is 9.25. The van der Waals surface area contributed by atoms with Crippen LogP contribution in [0.3, 0.4) is 0 Å². The van der Waals surface area contributed by atoms with E-state index in [0.717, 1.165) is 11.3 Å². The maximum Gasteiger partial charge on any atom is 0.253 e. The molecule has 6 heteroatoms. The Kier molecular flexibility index (Phi) is 6.87. The maximum atomic E-state index is 12.6. The Morgan fingerprint density at radius 2 is 1.86 bits per heavy atom. The molecule has 1 aromatic heterocycles. The second kappa shape index (κ2) is 9.76. The van der Waals surface area contributed by atoms with Crippen LogP contribution in [0.5, 0.6) is 11.5 Å². The normalized spacial score (nSPS) is 10.4. The number of carbonyl (C=O) groups is 1. The van der Waals surface area contributed by atoms with Gasteiger partial charge in [0.25, 0.3) is 5.91 Å². The summed E-state index contributed by atoms with van der Waals surface area (Å²) >= 11 is 5.85. The van der Waals surface area contributed by atoms with Gasteiger partial charge in [-0.25, -0.2) is 0 Å². The van der Waals surface area contributed by atoms with Crippen molar-refractivity contribution in [3.05, 3.63) is 89.2 Å². The van der Waals surface area contributed by atoms with Crippen LogP contribution in [-0.2, 0) is 6.61 Å². The highest BCUT2D eigenvalue weighted by Crippen LogP contribution is 2.17. The van der Waals surface area contributed by atoms with Crippen molar-refractivity contribution in [1.29, 1.82) is 0 Å². The first-order valence-electron chi connectivity index (χ1n) is 8.87. The Hall–Kier alpha value is -3.05. The number of likely N-dealkylation sites (N-methyl/N-ethyl adjacent to an activating group) is 1. The molecule has 0 spiro atoms. The lowest BCUT2D eigenvalue weighted by atomic mass is 10.2. The predicted octanol–water partition coefficient (Wildman–Crippen LogP) is 4.47. The molecule has 28 heavy (non-hydrogen) atoms.